The van der Waals surface area contributed by atoms with Crippen LogP contribution in [0, 0.1) is 17.8 Å². The maximum Gasteiger partial charge on any atom is 0.283 e. The number of nitrogens with two attached hydrogens (primary N) is 1. The van der Waals surface area contributed by atoms with Gasteiger partial charge in [0.1, 0.15) is 30.5 Å². The maximum atomic E-state index is 6.23. The van der Waals surface area contributed by atoms with E-state index in [2.05, 4.69) is 17.9 Å². The van der Waals surface area contributed by atoms with Gasteiger partial charge < -0.3 is 24.7 Å². The van der Waals surface area contributed by atoms with Gasteiger partial charge in [-0.05, 0) is 62.1 Å². The summed E-state index contributed by atoms with van der Waals surface area (Å²) in [5.74, 6) is 9.39. The van der Waals surface area contributed by atoms with Gasteiger partial charge in [0.2, 0.25) is 0 Å². The molecule has 3 heterocycles. The standard InChI is InChI=1S/C25H24N2O4/c26-24-27-25(15-30-24)20-12-17(6-5-16-3-4-16)7-9-22(20)31-23-10-8-18(13-21(23)25)29-14-19-2-1-11-28-19/h7-10,12-13,16,19H,1-4,11,14-15H2,(H2,26,27)/t19?,25-/m0/s1. The predicted octanol–water partition coefficient (Wildman–Crippen LogP) is 3.70. The van der Waals surface area contributed by atoms with E-state index >= 15 is 0 Å². The van der Waals surface area contributed by atoms with Gasteiger partial charge in [0, 0.05) is 29.2 Å². The summed E-state index contributed by atoms with van der Waals surface area (Å²) in [6.07, 6.45) is 4.66. The van der Waals surface area contributed by atoms with Gasteiger partial charge in [-0.2, -0.15) is 0 Å². The Kier molecular flexibility index (Phi) is 4.32. The largest absolute Gasteiger partial charge is 0.491 e. The Hall–Kier alpha value is -3.17. The molecule has 2 fully saturated rings. The van der Waals surface area contributed by atoms with E-state index in [0.29, 0.717) is 19.1 Å². The first-order chi connectivity index (χ1) is 15.2. The van der Waals surface area contributed by atoms with Gasteiger partial charge in [-0.25, -0.2) is 4.99 Å². The zero-order valence-electron chi connectivity index (χ0n) is 17.2. The van der Waals surface area contributed by atoms with E-state index in [0.717, 1.165) is 53.4 Å². The molecule has 4 aliphatic rings. The second kappa shape index (κ2) is 7.21. The molecule has 3 aliphatic heterocycles. The van der Waals surface area contributed by atoms with E-state index in [1.54, 1.807) is 0 Å². The summed E-state index contributed by atoms with van der Waals surface area (Å²) in [6.45, 7) is 1.66. The minimum atomic E-state index is -0.770. The number of hydrogen-bond acceptors (Lipinski definition) is 6. The molecule has 31 heavy (non-hydrogen) atoms. The third kappa shape index (κ3) is 3.39. The fourth-order valence-electron chi connectivity index (χ4n) is 4.38. The topological polar surface area (TPSA) is 75.3 Å². The predicted molar refractivity (Wildman–Crippen MR) is 115 cm³/mol. The van der Waals surface area contributed by atoms with Crippen LogP contribution in [-0.2, 0) is 15.0 Å². The molecule has 1 saturated carbocycles. The molecule has 0 radical (unpaired) electrons. The molecule has 6 rings (SSSR count). The van der Waals surface area contributed by atoms with Crippen molar-refractivity contribution >= 4 is 6.02 Å². The first-order valence-corrected chi connectivity index (χ1v) is 10.9. The number of amidine groups is 1. The van der Waals surface area contributed by atoms with Crippen molar-refractivity contribution in [2.45, 2.75) is 37.3 Å². The van der Waals surface area contributed by atoms with Crippen LogP contribution in [-0.4, -0.2) is 31.9 Å². The van der Waals surface area contributed by atoms with E-state index < -0.39 is 5.54 Å². The molecule has 1 saturated heterocycles. The van der Waals surface area contributed by atoms with Gasteiger partial charge in [0.15, 0.2) is 5.54 Å². The van der Waals surface area contributed by atoms with Gasteiger partial charge in [-0.3, -0.25) is 0 Å². The van der Waals surface area contributed by atoms with Crippen LogP contribution in [0.1, 0.15) is 42.4 Å². The number of rotatable bonds is 3. The molecule has 2 aromatic carbocycles. The maximum absolute atomic E-state index is 6.23. The smallest absolute Gasteiger partial charge is 0.283 e. The number of aliphatic imine (C=N–C) groups is 1. The molecule has 1 aliphatic carbocycles. The van der Waals surface area contributed by atoms with E-state index in [-0.39, 0.29) is 12.1 Å². The molecule has 0 amide bonds. The molecule has 2 aromatic rings. The van der Waals surface area contributed by atoms with Crippen LogP contribution in [0.3, 0.4) is 0 Å². The molecule has 158 valence electrons. The summed E-state index contributed by atoms with van der Waals surface area (Å²) < 4.78 is 23.6. The van der Waals surface area contributed by atoms with Crippen molar-refractivity contribution in [2.75, 3.05) is 19.8 Å². The van der Waals surface area contributed by atoms with Crippen molar-refractivity contribution in [1.82, 2.24) is 0 Å². The van der Waals surface area contributed by atoms with Gasteiger partial charge in [-0.1, -0.05) is 11.8 Å². The highest BCUT2D eigenvalue weighted by molar-refractivity contribution is 5.77. The van der Waals surface area contributed by atoms with E-state index in [4.69, 9.17) is 29.7 Å². The zero-order valence-corrected chi connectivity index (χ0v) is 17.2. The second-order valence-corrected chi connectivity index (χ2v) is 8.56. The molecule has 0 bridgehead atoms. The lowest BCUT2D eigenvalue weighted by molar-refractivity contribution is 0.0678. The summed E-state index contributed by atoms with van der Waals surface area (Å²) in [7, 11) is 0. The summed E-state index contributed by atoms with van der Waals surface area (Å²) in [4.78, 5) is 4.75. The molecule has 6 nitrogen and oxygen atoms in total. The average molecular weight is 416 g/mol. The Morgan fingerprint density at radius 2 is 1.94 bits per heavy atom. The van der Waals surface area contributed by atoms with Crippen LogP contribution >= 0.6 is 0 Å². The minimum Gasteiger partial charge on any atom is -0.491 e. The van der Waals surface area contributed by atoms with Crippen LogP contribution in [0.2, 0.25) is 0 Å². The van der Waals surface area contributed by atoms with Crippen LogP contribution in [0.4, 0.5) is 0 Å². The summed E-state index contributed by atoms with van der Waals surface area (Å²) >= 11 is 0. The van der Waals surface area contributed by atoms with Crippen molar-refractivity contribution < 1.29 is 18.9 Å². The highest BCUT2D eigenvalue weighted by Gasteiger charge is 2.47. The Morgan fingerprint density at radius 3 is 2.68 bits per heavy atom. The normalized spacial score (nSPS) is 25.5. The lowest BCUT2D eigenvalue weighted by atomic mass is 9.80. The molecule has 0 aromatic heterocycles. The van der Waals surface area contributed by atoms with Crippen molar-refractivity contribution in [3.8, 4) is 29.1 Å². The Labute approximate surface area is 181 Å². The SMILES string of the molecule is NC1=N[C@@]2(CO1)c1cc(C#CC3CC3)ccc1Oc1ccc(OCC3CCCO3)cc12. The third-order valence-electron chi connectivity index (χ3n) is 6.23. The second-order valence-electron chi connectivity index (χ2n) is 8.56. The van der Waals surface area contributed by atoms with E-state index in [9.17, 15) is 0 Å². The van der Waals surface area contributed by atoms with Gasteiger partial charge in [-0.15, -0.1) is 0 Å². The summed E-state index contributed by atoms with van der Waals surface area (Å²) in [6, 6.07) is 12.0. The fourth-order valence-corrected chi connectivity index (χ4v) is 4.38. The molecular weight excluding hydrogens is 392 g/mol. The highest BCUT2D eigenvalue weighted by atomic mass is 16.5. The quantitative estimate of drug-likeness (QED) is 0.773. The summed E-state index contributed by atoms with van der Waals surface area (Å²) in [5.41, 5.74) is 7.97. The molecule has 1 unspecified atom stereocenters. The first-order valence-electron chi connectivity index (χ1n) is 10.9. The number of hydrogen-bond donors (Lipinski definition) is 1. The van der Waals surface area contributed by atoms with Crippen LogP contribution in [0.25, 0.3) is 0 Å². The monoisotopic (exact) mass is 416 g/mol. The molecule has 2 N–H and O–H groups in total. The molecule has 1 spiro atoms. The zero-order chi connectivity index (χ0) is 20.8. The van der Waals surface area contributed by atoms with Crippen molar-refractivity contribution in [3.05, 3.63) is 53.1 Å². The van der Waals surface area contributed by atoms with Gasteiger partial charge in [0.25, 0.3) is 6.02 Å². The molecule has 6 heteroatoms. The number of ether oxygens (including phenoxy) is 4. The third-order valence-corrected chi connectivity index (χ3v) is 6.23. The van der Waals surface area contributed by atoms with Gasteiger partial charge in [0.05, 0.1) is 6.10 Å². The van der Waals surface area contributed by atoms with Crippen molar-refractivity contribution in [2.24, 2.45) is 16.6 Å². The van der Waals surface area contributed by atoms with Crippen molar-refractivity contribution in [3.63, 3.8) is 0 Å². The summed E-state index contributed by atoms with van der Waals surface area (Å²) in [5, 5.41) is 0. The lowest BCUT2D eigenvalue weighted by Crippen LogP contribution is -2.31. The van der Waals surface area contributed by atoms with Gasteiger partial charge >= 0.3 is 0 Å². The van der Waals surface area contributed by atoms with Crippen LogP contribution in [0.15, 0.2) is 41.4 Å². The minimum absolute atomic E-state index is 0.151. The lowest BCUT2D eigenvalue weighted by Gasteiger charge is -2.33. The van der Waals surface area contributed by atoms with E-state index in [1.165, 1.54) is 12.8 Å². The highest BCUT2D eigenvalue weighted by Crippen LogP contribution is 2.51. The number of nitrogens with zero attached hydrogens (tertiary/aromatic N) is 1. The fraction of sp³-hybridized carbons (Fsp3) is 0.400. The van der Waals surface area contributed by atoms with Crippen molar-refractivity contribution in [1.29, 1.82) is 0 Å². The van der Waals surface area contributed by atoms with Crippen LogP contribution < -0.4 is 15.2 Å². The first kappa shape index (κ1) is 18.6. The number of benzene rings is 2. The number of fused-ring (bicyclic) bond motifs is 4. The Balaban J connectivity index is 1.38. The van der Waals surface area contributed by atoms with E-state index in [1.807, 2.05) is 30.3 Å². The Bertz CT molecular complexity index is 1120. The molecular formula is C25H24N2O4. The molecule has 2 atom stereocenters. The van der Waals surface area contributed by atoms with Crippen LogP contribution in [0.5, 0.6) is 17.2 Å². The average Bonchev–Trinajstić information content (AvgIpc) is 3.31. The Morgan fingerprint density at radius 1 is 1.10 bits per heavy atom.